The molecule has 1 heterocycles. The molecule has 2 N–H and O–H groups in total. The Balaban J connectivity index is 1.42. The summed E-state index contributed by atoms with van der Waals surface area (Å²) in [5.74, 6) is -1.02. The summed E-state index contributed by atoms with van der Waals surface area (Å²) in [6, 6.07) is 12.9. The summed E-state index contributed by atoms with van der Waals surface area (Å²) < 4.78 is 70.4. The largest absolute Gasteiger partial charge is 0.504 e. The number of rotatable bonds is 8. The fourth-order valence-corrected chi connectivity index (χ4v) is 4.62. The van der Waals surface area contributed by atoms with E-state index >= 15 is 0 Å². The molecule has 1 fully saturated rings. The van der Waals surface area contributed by atoms with Crippen molar-refractivity contribution in [1.29, 1.82) is 0 Å². The molecule has 0 unspecified atom stereocenters. The van der Waals surface area contributed by atoms with Gasteiger partial charge < -0.3 is 10.1 Å². The number of benzene rings is 2. The first-order valence-electron chi connectivity index (χ1n) is 10.7. The third-order valence-corrected chi connectivity index (χ3v) is 7.04. The van der Waals surface area contributed by atoms with Crippen molar-refractivity contribution in [1.82, 2.24) is 19.8 Å². The van der Waals surface area contributed by atoms with E-state index in [4.69, 9.17) is 4.74 Å². The second-order valence-electron chi connectivity index (χ2n) is 8.39. The molecular formula is C23H21F3N4O5S. The molecule has 1 aromatic heterocycles. The van der Waals surface area contributed by atoms with E-state index in [0.717, 1.165) is 18.9 Å². The molecule has 3 aromatic rings. The van der Waals surface area contributed by atoms with Gasteiger partial charge in [0, 0.05) is 11.8 Å². The number of carbonyl (C=O) groups is 2. The molecule has 0 bridgehead atoms. The van der Waals surface area contributed by atoms with Crippen molar-refractivity contribution < 1.29 is 35.9 Å². The second-order valence-corrected chi connectivity index (χ2v) is 10.0. The van der Waals surface area contributed by atoms with Crippen LogP contribution in [0.1, 0.15) is 39.1 Å². The quantitative estimate of drug-likeness (QED) is 0.469. The van der Waals surface area contributed by atoms with Crippen LogP contribution in [0, 0.1) is 6.92 Å². The van der Waals surface area contributed by atoms with Gasteiger partial charge in [-0.15, -0.1) is 13.2 Å². The topological polar surface area (TPSA) is 119 Å². The summed E-state index contributed by atoms with van der Waals surface area (Å²) in [5, 5.41) is 5.93. The molecule has 0 atom stereocenters. The van der Waals surface area contributed by atoms with Gasteiger partial charge >= 0.3 is 6.30 Å². The van der Waals surface area contributed by atoms with Crippen molar-refractivity contribution in [3.63, 3.8) is 0 Å². The highest BCUT2D eigenvalue weighted by Crippen LogP contribution is 2.36. The zero-order valence-corrected chi connectivity index (χ0v) is 19.7. The highest BCUT2D eigenvalue weighted by molar-refractivity contribution is 7.90. The maximum Gasteiger partial charge on any atom is 0.504 e. The smallest absolute Gasteiger partial charge is 0.491 e. The molecule has 0 aliphatic heterocycles. The number of ether oxygens (including phenoxy) is 1. The Hall–Kier alpha value is -3.87. The number of hydrogen-bond acceptors (Lipinski definition) is 6. The first-order valence-corrected chi connectivity index (χ1v) is 12.2. The Kier molecular flexibility index (Phi) is 6.52. The Morgan fingerprint density at radius 1 is 1.08 bits per heavy atom. The SMILES string of the molecule is Cc1cc(C(=O)NC2(COc3ccccc3)CC2)ccc1S(=O)(=O)NC(=O)c1cnn(C(F)(F)F)c1. The third-order valence-electron chi connectivity index (χ3n) is 5.55. The van der Waals surface area contributed by atoms with E-state index in [1.54, 1.807) is 4.72 Å². The number of amides is 2. The molecule has 9 nitrogen and oxygen atoms in total. The monoisotopic (exact) mass is 522 g/mol. The van der Waals surface area contributed by atoms with Crippen molar-refractivity contribution in [2.45, 2.75) is 36.5 Å². The molecule has 2 amide bonds. The zero-order chi connectivity index (χ0) is 26.1. The van der Waals surface area contributed by atoms with Crippen LogP contribution in [0.25, 0.3) is 0 Å². The molecule has 13 heteroatoms. The van der Waals surface area contributed by atoms with Gasteiger partial charge in [0.2, 0.25) is 0 Å². The van der Waals surface area contributed by atoms with E-state index in [1.165, 1.54) is 19.1 Å². The minimum Gasteiger partial charge on any atom is -0.491 e. The second kappa shape index (κ2) is 9.30. The lowest BCUT2D eigenvalue weighted by Gasteiger charge is -2.19. The van der Waals surface area contributed by atoms with Crippen LogP contribution in [0.5, 0.6) is 5.75 Å². The third kappa shape index (κ3) is 5.67. The van der Waals surface area contributed by atoms with Crippen LogP contribution in [0.2, 0.25) is 0 Å². The maximum absolute atomic E-state index is 12.8. The average molecular weight is 523 g/mol. The summed E-state index contributed by atoms with van der Waals surface area (Å²) in [6.07, 6.45) is -2.41. The van der Waals surface area contributed by atoms with Gasteiger partial charge in [0.15, 0.2) is 0 Å². The van der Waals surface area contributed by atoms with Crippen molar-refractivity contribution in [3.8, 4) is 5.75 Å². The summed E-state index contributed by atoms with van der Waals surface area (Å²) in [4.78, 5) is 24.7. The number of aryl methyl sites for hydroxylation is 1. The molecular weight excluding hydrogens is 501 g/mol. The minimum atomic E-state index is -4.85. The zero-order valence-electron chi connectivity index (χ0n) is 18.9. The molecule has 36 heavy (non-hydrogen) atoms. The number of sulfonamides is 1. The summed E-state index contributed by atoms with van der Waals surface area (Å²) in [5.41, 5.74) is -0.730. The van der Waals surface area contributed by atoms with Crippen molar-refractivity contribution in [3.05, 3.63) is 77.6 Å². The number of carbonyl (C=O) groups excluding carboxylic acids is 2. The average Bonchev–Trinajstić information content (AvgIpc) is 3.37. The number of hydrogen-bond donors (Lipinski definition) is 2. The van der Waals surface area contributed by atoms with Crippen LogP contribution in [0.3, 0.4) is 0 Å². The first-order chi connectivity index (χ1) is 16.9. The lowest BCUT2D eigenvalue weighted by atomic mass is 10.1. The Morgan fingerprint density at radius 3 is 2.36 bits per heavy atom. The normalized spacial score (nSPS) is 14.7. The van der Waals surface area contributed by atoms with Gasteiger partial charge in [-0.1, -0.05) is 18.2 Å². The number of para-hydroxylation sites is 1. The highest BCUT2D eigenvalue weighted by atomic mass is 32.2. The number of halogens is 3. The van der Waals surface area contributed by atoms with Crippen LogP contribution < -0.4 is 14.8 Å². The molecule has 2 aromatic carbocycles. The van der Waals surface area contributed by atoms with Crippen LogP contribution in [-0.4, -0.2) is 42.2 Å². The van der Waals surface area contributed by atoms with Gasteiger partial charge in [-0.3, -0.25) is 9.59 Å². The lowest BCUT2D eigenvalue weighted by Crippen LogP contribution is -2.41. The Labute approximate surface area is 204 Å². The van der Waals surface area contributed by atoms with Crippen molar-refractivity contribution in [2.24, 2.45) is 0 Å². The molecule has 190 valence electrons. The van der Waals surface area contributed by atoms with E-state index < -0.39 is 43.9 Å². The fourth-order valence-electron chi connectivity index (χ4n) is 3.41. The van der Waals surface area contributed by atoms with Gasteiger partial charge in [0.25, 0.3) is 21.8 Å². The predicted molar refractivity (Wildman–Crippen MR) is 121 cm³/mol. The van der Waals surface area contributed by atoms with E-state index in [1.807, 2.05) is 30.3 Å². The predicted octanol–water partition coefficient (Wildman–Crippen LogP) is 3.13. The van der Waals surface area contributed by atoms with E-state index in [-0.39, 0.29) is 22.6 Å². The molecule has 1 aliphatic carbocycles. The van der Waals surface area contributed by atoms with Crippen molar-refractivity contribution in [2.75, 3.05) is 6.61 Å². The highest BCUT2D eigenvalue weighted by Gasteiger charge is 2.45. The number of nitrogens with one attached hydrogen (secondary N) is 2. The lowest BCUT2D eigenvalue weighted by molar-refractivity contribution is -0.212. The van der Waals surface area contributed by atoms with Gasteiger partial charge in [0.05, 0.1) is 22.2 Å². The number of aromatic nitrogens is 2. The van der Waals surface area contributed by atoms with Crippen LogP contribution >= 0.6 is 0 Å². The molecule has 0 radical (unpaired) electrons. The van der Waals surface area contributed by atoms with E-state index in [0.29, 0.717) is 18.1 Å². The molecule has 1 saturated carbocycles. The molecule has 0 saturated heterocycles. The van der Waals surface area contributed by atoms with Gasteiger partial charge in [-0.25, -0.2) is 13.1 Å². The minimum absolute atomic E-state index is 0.166. The molecule has 0 spiro atoms. The number of nitrogens with zero attached hydrogens (tertiary/aromatic N) is 2. The Morgan fingerprint density at radius 2 is 1.78 bits per heavy atom. The molecule has 4 rings (SSSR count). The summed E-state index contributed by atoms with van der Waals surface area (Å²) in [7, 11) is -4.44. The molecule has 1 aliphatic rings. The van der Waals surface area contributed by atoms with Gasteiger partial charge in [0.1, 0.15) is 12.4 Å². The summed E-state index contributed by atoms with van der Waals surface area (Å²) in [6.45, 7) is 1.72. The van der Waals surface area contributed by atoms with Crippen LogP contribution in [0.4, 0.5) is 13.2 Å². The standard InChI is InChI=1S/C23H21F3N4O5S/c1-15-11-16(20(31)28-22(9-10-22)14-35-18-5-3-2-4-6-18)7-8-19(15)36(33,34)29-21(32)17-12-27-30(13-17)23(24,25)26/h2-8,11-13H,9-10,14H2,1H3,(H,28,31)(H,29,32). The van der Waals surface area contributed by atoms with Crippen molar-refractivity contribution >= 4 is 21.8 Å². The van der Waals surface area contributed by atoms with E-state index in [2.05, 4.69) is 10.4 Å². The Bertz CT molecular complexity index is 1400. The summed E-state index contributed by atoms with van der Waals surface area (Å²) >= 11 is 0. The first kappa shape index (κ1) is 25.2. The van der Waals surface area contributed by atoms with E-state index in [9.17, 15) is 31.2 Å². The van der Waals surface area contributed by atoms with Crippen LogP contribution in [-0.2, 0) is 16.3 Å². The van der Waals surface area contributed by atoms with Gasteiger partial charge in [-0.2, -0.15) is 9.78 Å². The van der Waals surface area contributed by atoms with Gasteiger partial charge in [-0.05, 0) is 55.7 Å². The number of alkyl halides is 3. The van der Waals surface area contributed by atoms with Crippen LogP contribution in [0.15, 0.2) is 65.8 Å². The fraction of sp³-hybridized carbons (Fsp3) is 0.261. The maximum atomic E-state index is 12.8.